The Morgan fingerprint density at radius 2 is 2.04 bits per heavy atom. The Morgan fingerprint density at radius 1 is 1.30 bits per heavy atom. The monoisotopic (exact) mass is 336 g/mol. The highest BCUT2D eigenvalue weighted by molar-refractivity contribution is 6.34. The summed E-state index contributed by atoms with van der Waals surface area (Å²) in [7, 11) is 0. The fourth-order valence-corrected chi connectivity index (χ4v) is 1.99. The fourth-order valence-electron chi connectivity index (χ4n) is 1.71. The molecule has 1 aromatic heterocycles. The van der Waals surface area contributed by atoms with Crippen LogP contribution in [-0.2, 0) is 4.79 Å². The molecule has 0 aliphatic heterocycles. The van der Waals surface area contributed by atoms with Crippen LogP contribution in [0.1, 0.15) is 33.7 Å². The van der Waals surface area contributed by atoms with Gasteiger partial charge in [-0.25, -0.2) is 0 Å². The molecular formula is C14H13ClN4O4. The average molecular weight is 337 g/mol. The van der Waals surface area contributed by atoms with Gasteiger partial charge in [-0.15, -0.1) is 9.90 Å². The SMILES string of the molecule is Cc1ccc(NC(=O)c2cnn(C(=O)CCC(=O)O)n2)c(Cl)c1. The van der Waals surface area contributed by atoms with E-state index in [1.807, 2.05) is 6.92 Å². The van der Waals surface area contributed by atoms with E-state index in [1.165, 1.54) is 0 Å². The topological polar surface area (TPSA) is 114 Å². The van der Waals surface area contributed by atoms with Crippen LogP contribution in [0.2, 0.25) is 5.02 Å². The summed E-state index contributed by atoms with van der Waals surface area (Å²) in [5.41, 5.74) is 1.28. The van der Waals surface area contributed by atoms with Crippen LogP contribution < -0.4 is 5.32 Å². The van der Waals surface area contributed by atoms with E-state index in [0.717, 1.165) is 11.8 Å². The van der Waals surface area contributed by atoms with E-state index in [0.29, 0.717) is 15.5 Å². The Kier molecular flexibility index (Phi) is 5.07. The van der Waals surface area contributed by atoms with Crippen molar-refractivity contribution in [3.05, 3.63) is 40.7 Å². The third-order valence-electron chi connectivity index (χ3n) is 2.87. The number of hydrogen-bond donors (Lipinski definition) is 2. The summed E-state index contributed by atoms with van der Waals surface area (Å²) in [5.74, 6) is -2.29. The molecule has 0 saturated carbocycles. The number of carbonyl (C=O) groups excluding carboxylic acids is 2. The molecule has 0 aliphatic rings. The van der Waals surface area contributed by atoms with E-state index in [2.05, 4.69) is 15.5 Å². The van der Waals surface area contributed by atoms with Crippen LogP contribution in [0, 0.1) is 6.92 Å². The summed E-state index contributed by atoms with van der Waals surface area (Å²) >= 11 is 6.02. The van der Waals surface area contributed by atoms with Crippen LogP contribution in [0.25, 0.3) is 0 Å². The minimum absolute atomic E-state index is 0.0784. The van der Waals surface area contributed by atoms with Crippen molar-refractivity contribution >= 4 is 35.1 Å². The molecule has 0 fully saturated rings. The van der Waals surface area contributed by atoms with Gasteiger partial charge in [-0.3, -0.25) is 14.4 Å². The molecule has 9 heteroatoms. The molecule has 0 radical (unpaired) electrons. The van der Waals surface area contributed by atoms with Gasteiger partial charge in [0.1, 0.15) is 0 Å². The van der Waals surface area contributed by atoms with Gasteiger partial charge in [0.05, 0.1) is 23.3 Å². The summed E-state index contributed by atoms with van der Waals surface area (Å²) in [6.07, 6.45) is 0.534. The van der Waals surface area contributed by atoms with E-state index >= 15 is 0 Å². The third kappa shape index (κ3) is 4.36. The van der Waals surface area contributed by atoms with Crippen molar-refractivity contribution in [1.82, 2.24) is 15.0 Å². The Hall–Kier alpha value is -2.74. The first kappa shape index (κ1) is 16.6. The van der Waals surface area contributed by atoms with Crippen LogP contribution in [0.5, 0.6) is 0 Å². The molecule has 0 saturated heterocycles. The van der Waals surface area contributed by atoms with Crippen molar-refractivity contribution < 1.29 is 19.5 Å². The van der Waals surface area contributed by atoms with E-state index in [1.54, 1.807) is 18.2 Å². The van der Waals surface area contributed by atoms with Gasteiger partial charge >= 0.3 is 5.97 Å². The maximum Gasteiger partial charge on any atom is 0.303 e. The first-order valence-corrected chi connectivity index (χ1v) is 6.99. The molecule has 2 N–H and O–H groups in total. The highest BCUT2D eigenvalue weighted by Crippen LogP contribution is 2.23. The first-order chi connectivity index (χ1) is 10.9. The number of benzene rings is 1. The van der Waals surface area contributed by atoms with Crippen LogP contribution in [-0.4, -0.2) is 37.9 Å². The van der Waals surface area contributed by atoms with Crippen molar-refractivity contribution in [1.29, 1.82) is 0 Å². The second-order valence-corrected chi connectivity index (χ2v) is 5.15. The second kappa shape index (κ2) is 7.01. The van der Waals surface area contributed by atoms with Gasteiger partial charge < -0.3 is 10.4 Å². The number of aryl methyl sites for hydroxylation is 1. The molecule has 0 bridgehead atoms. The van der Waals surface area contributed by atoms with Crippen LogP contribution in [0.3, 0.4) is 0 Å². The number of carboxylic acid groups (broad SMARTS) is 1. The Morgan fingerprint density at radius 3 is 2.70 bits per heavy atom. The smallest absolute Gasteiger partial charge is 0.303 e. The Bertz CT molecular complexity index is 772. The predicted molar refractivity (Wildman–Crippen MR) is 81.7 cm³/mol. The molecular weight excluding hydrogens is 324 g/mol. The predicted octanol–water partition coefficient (Wildman–Crippen LogP) is 2.00. The zero-order valence-electron chi connectivity index (χ0n) is 12.1. The van der Waals surface area contributed by atoms with Gasteiger partial charge in [-0.2, -0.15) is 5.10 Å². The van der Waals surface area contributed by atoms with Crippen molar-refractivity contribution in [3.8, 4) is 0 Å². The van der Waals surface area contributed by atoms with E-state index < -0.39 is 17.8 Å². The molecule has 23 heavy (non-hydrogen) atoms. The van der Waals surface area contributed by atoms with Crippen LogP contribution >= 0.6 is 11.6 Å². The number of rotatable bonds is 5. The van der Waals surface area contributed by atoms with Crippen LogP contribution in [0.4, 0.5) is 5.69 Å². The number of halogens is 1. The Balaban J connectivity index is 2.06. The summed E-state index contributed by atoms with van der Waals surface area (Å²) < 4.78 is 0. The zero-order valence-corrected chi connectivity index (χ0v) is 12.9. The number of aliphatic carboxylic acids is 1. The number of carboxylic acids is 1. The highest BCUT2D eigenvalue weighted by Gasteiger charge is 2.16. The van der Waals surface area contributed by atoms with Crippen LogP contribution in [0.15, 0.2) is 24.4 Å². The summed E-state index contributed by atoms with van der Waals surface area (Å²) in [4.78, 5) is 34.9. The zero-order chi connectivity index (χ0) is 17.0. The second-order valence-electron chi connectivity index (χ2n) is 4.74. The summed E-state index contributed by atoms with van der Waals surface area (Å²) in [6.45, 7) is 1.87. The molecule has 2 aromatic rings. The molecule has 0 aliphatic carbocycles. The number of anilines is 1. The maximum absolute atomic E-state index is 12.1. The van der Waals surface area contributed by atoms with Gasteiger partial charge in [0.25, 0.3) is 11.8 Å². The molecule has 1 amide bonds. The van der Waals surface area contributed by atoms with Gasteiger partial charge in [0.15, 0.2) is 5.69 Å². The lowest BCUT2D eigenvalue weighted by atomic mass is 10.2. The minimum atomic E-state index is -1.10. The molecule has 0 spiro atoms. The fraction of sp³-hybridized carbons (Fsp3) is 0.214. The van der Waals surface area contributed by atoms with Gasteiger partial charge in [0.2, 0.25) is 0 Å². The average Bonchev–Trinajstić information content (AvgIpc) is 2.97. The third-order valence-corrected chi connectivity index (χ3v) is 3.19. The highest BCUT2D eigenvalue weighted by atomic mass is 35.5. The number of hydrogen-bond acceptors (Lipinski definition) is 5. The quantitative estimate of drug-likeness (QED) is 0.863. The largest absolute Gasteiger partial charge is 0.481 e. The minimum Gasteiger partial charge on any atom is -0.481 e. The molecule has 8 nitrogen and oxygen atoms in total. The van der Waals surface area contributed by atoms with Crippen molar-refractivity contribution in [2.75, 3.05) is 5.32 Å². The lowest BCUT2D eigenvalue weighted by Gasteiger charge is -2.06. The normalized spacial score (nSPS) is 10.3. The first-order valence-electron chi connectivity index (χ1n) is 6.61. The summed E-state index contributed by atoms with van der Waals surface area (Å²) in [6, 6.07) is 5.13. The number of nitrogens with one attached hydrogen (secondary N) is 1. The Labute approximate surface area is 136 Å². The number of aromatic nitrogens is 3. The van der Waals surface area contributed by atoms with Gasteiger partial charge in [-0.1, -0.05) is 17.7 Å². The van der Waals surface area contributed by atoms with Gasteiger partial charge in [0, 0.05) is 6.42 Å². The maximum atomic E-state index is 12.1. The molecule has 120 valence electrons. The number of carbonyl (C=O) groups is 3. The standard InChI is InChI=1S/C14H13ClN4O4/c1-8-2-3-10(9(15)6-8)17-14(23)11-7-16-19(18-11)12(20)4-5-13(21)22/h2-3,6-7H,4-5H2,1H3,(H,17,23)(H,21,22). The van der Waals surface area contributed by atoms with Gasteiger partial charge in [-0.05, 0) is 24.6 Å². The molecule has 2 rings (SSSR count). The number of nitrogens with zero attached hydrogens (tertiary/aromatic N) is 3. The van der Waals surface area contributed by atoms with Crippen molar-refractivity contribution in [3.63, 3.8) is 0 Å². The molecule has 1 heterocycles. The number of amides is 1. The van der Waals surface area contributed by atoms with E-state index in [-0.39, 0.29) is 18.5 Å². The van der Waals surface area contributed by atoms with E-state index in [4.69, 9.17) is 16.7 Å². The molecule has 1 aromatic carbocycles. The lowest BCUT2D eigenvalue weighted by molar-refractivity contribution is -0.137. The van der Waals surface area contributed by atoms with Crippen molar-refractivity contribution in [2.24, 2.45) is 0 Å². The van der Waals surface area contributed by atoms with E-state index in [9.17, 15) is 14.4 Å². The van der Waals surface area contributed by atoms with Crippen molar-refractivity contribution in [2.45, 2.75) is 19.8 Å². The summed E-state index contributed by atoms with van der Waals surface area (Å²) in [5, 5.41) is 18.9. The lowest BCUT2D eigenvalue weighted by Crippen LogP contribution is -2.18. The molecule has 0 atom stereocenters. The molecule has 0 unspecified atom stereocenters.